The lowest BCUT2D eigenvalue weighted by Gasteiger charge is -2.38. The van der Waals surface area contributed by atoms with Crippen LogP contribution in [0.25, 0.3) is 28.2 Å². The average molecular weight is 365 g/mol. The molecule has 136 valence electrons. The first-order valence-electron chi connectivity index (χ1n) is 9.41. The quantitative estimate of drug-likeness (QED) is 0.588. The second kappa shape index (κ2) is 6.29. The fraction of sp³-hybridized carbons (Fsp3) is 0.174. The molecule has 2 heterocycles. The highest BCUT2D eigenvalue weighted by atomic mass is 15.1. The molecule has 1 saturated carbocycles. The summed E-state index contributed by atoms with van der Waals surface area (Å²) < 4.78 is 1.74. The summed E-state index contributed by atoms with van der Waals surface area (Å²) in [6.07, 6.45) is 6.77. The van der Waals surface area contributed by atoms with Crippen molar-refractivity contribution in [3.63, 3.8) is 0 Å². The Bertz CT molecular complexity index is 1200. The molecule has 4 aromatic rings. The minimum atomic E-state index is -0.178. The summed E-state index contributed by atoms with van der Waals surface area (Å²) >= 11 is 0. The first kappa shape index (κ1) is 16.7. The smallest absolute Gasteiger partial charge is 0.235 e. The van der Waals surface area contributed by atoms with E-state index in [2.05, 4.69) is 35.3 Å². The van der Waals surface area contributed by atoms with Crippen molar-refractivity contribution in [1.29, 1.82) is 5.26 Å². The van der Waals surface area contributed by atoms with Gasteiger partial charge in [0.15, 0.2) is 0 Å². The van der Waals surface area contributed by atoms with Gasteiger partial charge < -0.3 is 5.73 Å². The Morgan fingerprint density at radius 3 is 2.39 bits per heavy atom. The van der Waals surface area contributed by atoms with Gasteiger partial charge in [-0.25, -0.2) is 9.97 Å². The maximum Gasteiger partial charge on any atom is 0.235 e. The summed E-state index contributed by atoms with van der Waals surface area (Å²) in [5.74, 6) is 0.518. The van der Waals surface area contributed by atoms with Gasteiger partial charge in [0.05, 0.1) is 11.9 Å². The van der Waals surface area contributed by atoms with E-state index >= 15 is 0 Å². The molecular formula is C23H19N5. The van der Waals surface area contributed by atoms with Crippen LogP contribution in [0.3, 0.4) is 0 Å². The van der Waals surface area contributed by atoms with E-state index in [1.807, 2.05) is 36.5 Å². The lowest BCUT2D eigenvalue weighted by molar-refractivity contribution is 0.253. The van der Waals surface area contributed by atoms with Crippen molar-refractivity contribution >= 4 is 5.78 Å². The lowest BCUT2D eigenvalue weighted by atomic mass is 9.72. The van der Waals surface area contributed by atoms with Gasteiger partial charge in [-0.15, -0.1) is 0 Å². The van der Waals surface area contributed by atoms with Gasteiger partial charge in [0.1, 0.15) is 11.8 Å². The van der Waals surface area contributed by atoms with E-state index in [4.69, 9.17) is 10.7 Å². The first-order valence-corrected chi connectivity index (χ1v) is 9.41. The molecule has 1 aliphatic rings. The molecule has 0 saturated heterocycles. The molecule has 0 amide bonds. The van der Waals surface area contributed by atoms with E-state index in [1.165, 1.54) is 12.0 Å². The Hall–Kier alpha value is -3.49. The lowest BCUT2D eigenvalue weighted by Crippen LogP contribution is -2.43. The van der Waals surface area contributed by atoms with Crippen LogP contribution in [0.2, 0.25) is 0 Å². The van der Waals surface area contributed by atoms with E-state index in [9.17, 15) is 5.26 Å². The Labute approximate surface area is 163 Å². The zero-order chi connectivity index (χ0) is 19.1. The summed E-state index contributed by atoms with van der Waals surface area (Å²) in [5.41, 5.74) is 11.8. The van der Waals surface area contributed by atoms with Crippen molar-refractivity contribution in [2.75, 3.05) is 0 Å². The fourth-order valence-electron chi connectivity index (χ4n) is 3.85. The van der Waals surface area contributed by atoms with Crippen molar-refractivity contribution in [1.82, 2.24) is 14.4 Å². The molecule has 0 aliphatic heterocycles. The van der Waals surface area contributed by atoms with Crippen molar-refractivity contribution in [3.05, 3.63) is 78.2 Å². The number of nitrogens with two attached hydrogens (primary N) is 1. The molecule has 2 aromatic heterocycles. The molecule has 2 aromatic carbocycles. The molecule has 5 rings (SSSR count). The highest BCUT2D eigenvalue weighted by molar-refractivity contribution is 5.81. The molecule has 5 heteroatoms. The molecule has 28 heavy (non-hydrogen) atoms. The number of hydrogen-bond donors (Lipinski definition) is 1. The van der Waals surface area contributed by atoms with Gasteiger partial charge >= 0.3 is 0 Å². The number of rotatable bonds is 3. The highest BCUT2D eigenvalue weighted by Crippen LogP contribution is 2.39. The van der Waals surface area contributed by atoms with Gasteiger partial charge in [0.2, 0.25) is 5.78 Å². The number of benzene rings is 2. The van der Waals surface area contributed by atoms with Crippen LogP contribution in [0.15, 0.2) is 67.0 Å². The van der Waals surface area contributed by atoms with E-state index in [1.54, 1.807) is 10.6 Å². The van der Waals surface area contributed by atoms with Gasteiger partial charge in [0, 0.05) is 22.9 Å². The van der Waals surface area contributed by atoms with Crippen LogP contribution >= 0.6 is 0 Å². The number of hydrogen-bond acceptors (Lipinski definition) is 4. The van der Waals surface area contributed by atoms with Crippen LogP contribution in [0.4, 0.5) is 0 Å². The number of aromatic nitrogens is 3. The van der Waals surface area contributed by atoms with Gasteiger partial charge in [0.25, 0.3) is 0 Å². The van der Waals surface area contributed by atoms with Crippen LogP contribution in [0, 0.1) is 11.3 Å². The second-order valence-corrected chi connectivity index (χ2v) is 7.38. The number of imidazole rings is 1. The molecule has 1 aliphatic carbocycles. The first-order chi connectivity index (χ1) is 13.7. The van der Waals surface area contributed by atoms with Crippen molar-refractivity contribution in [3.8, 4) is 28.5 Å². The minimum Gasteiger partial charge on any atom is -0.321 e. The molecule has 1 fully saturated rings. The number of fused-ring (bicyclic) bond motifs is 1. The Morgan fingerprint density at radius 1 is 1.00 bits per heavy atom. The topological polar surface area (TPSA) is 80.0 Å². The summed E-state index contributed by atoms with van der Waals surface area (Å²) in [4.78, 5) is 9.08. The largest absolute Gasteiger partial charge is 0.321 e. The number of nitriles is 1. The Morgan fingerprint density at radius 2 is 1.75 bits per heavy atom. The standard InChI is InChI=1S/C23H19N5/c24-13-19-14-26-22-27-21(20(15-28(19)22)16-5-2-1-3-6-16)17-7-9-18(10-8-17)23(25)11-4-12-23/h1-3,5-10,14-15H,4,11-12,25H2. The Balaban J connectivity index is 1.68. The van der Waals surface area contributed by atoms with Crippen LogP contribution < -0.4 is 5.73 Å². The molecule has 0 radical (unpaired) electrons. The third-order valence-corrected chi connectivity index (χ3v) is 5.68. The van der Waals surface area contributed by atoms with Gasteiger partial charge in [-0.3, -0.25) is 4.40 Å². The zero-order valence-electron chi connectivity index (χ0n) is 15.3. The van der Waals surface area contributed by atoms with Crippen molar-refractivity contribution < 1.29 is 0 Å². The maximum absolute atomic E-state index is 9.36. The third-order valence-electron chi connectivity index (χ3n) is 5.68. The fourth-order valence-corrected chi connectivity index (χ4v) is 3.85. The highest BCUT2D eigenvalue weighted by Gasteiger charge is 2.34. The monoisotopic (exact) mass is 365 g/mol. The zero-order valence-corrected chi connectivity index (χ0v) is 15.3. The predicted molar refractivity (Wildman–Crippen MR) is 108 cm³/mol. The van der Waals surface area contributed by atoms with E-state index in [0.717, 1.165) is 35.2 Å². The van der Waals surface area contributed by atoms with E-state index < -0.39 is 0 Å². The van der Waals surface area contributed by atoms with E-state index in [0.29, 0.717) is 11.5 Å². The van der Waals surface area contributed by atoms with Crippen molar-refractivity contribution in [2.24, 2.45) is 5.73 Å². The molecule has 2 N–H and O–H groups in total. The molecule has 0 spiro atoms. The van der Waals surface area contributed by atoms with Crippen LogP contribution in [0.1, 0.15) is 30.5 Å². The second-order valence-electron chi connectivity index (χ2n) is 7.38. The molecule has 0 unspecified atom stereocenters. The third kappa shape index (κ3) is 2.58. The average Bonchev–Trinajstić information content (AvgIpc) is 3.14. The minimum absolute atomic E-state index is 0.178. The maximum atomic E-state index is 9.36. The number of nitrogens with zero attached hydrogens (tertiary/aromatic N) is 4. The SMILES string of the molecule is N#Cc1cnc2nc(-c3ccc(C4(N)CCC4)cc3)c(-c3ccccc3)cn12. The molecular weight excluding hydrogens is 346 g/mol. The van der Waals surface area contributed by atoms with Crippen LogP contribution in [-0.4, -0.2) is 14.4 Å². The summed E-state index contributed by atoms with van der Waals surface area (Å²) in [5, 5.41) is 9.36. The van der Waals surface area contributed by atoms with Gasteiger partial charge in [-0.05, 0) is 30.4 Å². The Kier molecular flexibility index (Phi) is 3.75. The van der Waals surface area contributed by atoms with Crippen LogP contribution in [-0.2, 0) is 5.54 Å². The molecule has 0 atom stereocenters. The summed E-state index contributed by atoms with van der Waals surface area (Å²) in [7, 11) is 0. The normalized spacial score (nSPS) is 15.1. The van der Waals surface area contributed by atoms with Gasteiger partial charge in [-0.1, -0.05) is 54.6 Å². The van der Waals surface area contributed by atoms with E-state index in [-0.39, 0.29) is 5.54 Å². The molecule has 5 nitrogen and oxygen atoms in total. The van der Waals surface area contributed by atoms with Crippen molar-refractivity contribution in [2.45, 2.75) is 24.8 Å². The molecule has 0 bridgehead atoms. The van der Waals surface area contributed by atoms with Crippen LogP contribution in [0.5, 0.6) is 0 Å². The summed E-state index contributed by atoms with van der Waals surface area (Å²) in [6, 6.07) is 20.7. The predicted octanol–water partition coefficient (Wildman–Crippen LogP) is 4.27. The summed E-state index contributed by atoms with van der Waals surface area (Å²) in [6.45, 7) is 0. The van der Waals surface area contributed by atoms with Gasteiger partial charge in [-0.2, -0.15) is 5.26 Å².